The van der Waals surface area contributed by atoms with Gasteiger partial charge in [0.2, 0.25) is 0 Å². The Morgan fingerprint density at radius 2 is 0.741 bits per heavy atom. The zero-order valence-corrected chi connectivity index (χ0v) is 49.0. The molecule has 0 saturated carbocycles. The van der Waals surface area contributed by atoms with Crippen LogP contribution in [0.1, 0.15) is 71.1 Å². The van der Waals surface area contributed by atoms with E-state index < -0.39 is 54.9 Å². The number of fused-ring (bicyclic) bond motifs is 2. The van der Waals surface area contributed by atoms with Gasteiger partial charge in [-0.2, -0.15) is 0 Å². The van der Waals surface area contributed by atoms with Gasteiger partial charge in [-0.05, 0) is 0 Å². The van der Waals surface area contributed by atoms with Crippen molar-refractivity contribution < 1.29 is 17.1 Å². The SMILES string of the molecule is CC(C)(C)[Si](C(C)(C)C)=[Hf]([CH3])([CH3])([CH]1C=Cc2c(-c3cc([Si](C)(C)C)cc([Si](C)(C)C)c3)cccc21)[CH]1C=Cc2c(-c3cc([Si](C)(C)C)cc([Si](C)(C)C)c3)cccc21. The summed E-state index contributed by atoms with van der Waals surface area (Å²) < 4.78 is 6.88. The Morgan fingerprint density at radius 1 is 0.448 bits per heavy atom. The molecule has 0 fully saturated rings. The van der Waals surface area contributed by atoms with E-state index >= 15 is 0 Å². The molecule has 0 aliphatic heterocycles. The molecule has 2 aliphatic carbocycles. The van der Waals surface area contributed by atoms with Gasteiger partial charge in [0.15, 0.2) is 0 Å². The molecule has 0 spiro atoms. The molecule has 0 amide bonds. The molecule has 2 unspecified atom stereocenters. The molecular weight excluding hydrogens is 943 g/mol. The third kappa shape index (κ3) is 8.31. The van der Waals surface area contributed by atoms with E-state index in [1.165, 1.54) is 33.4 Å². The molecule has 2 atom stereocenters. The molecule has 58 heavy (non-hydrogen) atoms. The van der Waals surface area contributed by atoms with Crippen LogP contribution in [0.15, 0.2) is 84.9 Å². The van der Waals surface area contributed by atoms with Crippen LogP contribution in [0.2, 0.25) is 98.0 Å². The van der Waals surface area contributed by atoms with E-state index in [-0.39, 0.29) is 10.1 Å². The minimum atomic E-state index is -4.30. The first-order valence-corrected chi connectivity index (χ1v) is 54.5. The molecule has 0 heterocycles. The molecule has 0 bridgehead atoms. The quantitative estimate of drug-likeness (QED) is 0.154. The van der Waals surface area contributed by atoms with E-state index in [2.05, 4.69) is 227 Å². The van der Waals surface area contributed by atoms with Crippen molar-refractivity contribution in [3.05, 3.63) is 107 Å². The van der Waals surface area contributed by atoms with Gasteiger partial charge >= 0.3 is 364 Å². The molecule has 2 aliphatic rings. The second-order valence-corrected chi connectivity index (χ2v) is 91.0. The normalized spacial score (nSPS) is 17.8. The van der Waals surface area contributed by atoms with Crippen molar-refractivity contribution in [3.8, 4) is 22.3 Å². The van der Waals surface area contributed by atoms with Crippen molar-refractivity contribution in [2.24, 2.45) is 0 Å². The van der Waals surface area contributed by atoms with Gasteiger partial charge in [-0.25, -0.2) is 0 Å². The average Bonchev–Trinajstić information content (AvgIpc) is 3.71. The van der Waals surface area contributed by atoms with Crippen LogP contribution in [0.5, 0.6) is 0 Å². The summed E-state index contributed by atoms with van der Waals surface area (Å²) in [6.07, 6.45) is 10.7. The van der Waals surface area contributed by atoms with Gasteiger partial charge in [-0.15, -0.1) is 0 Å². The molecule has 0 saturated heterocycles. The summed E-state index contributed by atoms with van der Waals surface area (Å²) in [4.78, 5) is 0. The summed E-state index contributed by atoms with van der Waals surface area (Å²) in [6, 6.07) is 30.3. The number of hydrogen-bond donors (Lipinski definition) is 0. The van der Waals surface area contributed by atoms with Crippen molar-refractivity contribution in [1.29, 1.82) is 0 Å². The number of allylic oxidation sites excluding steroid dienone is 2. The van der Waals surface area contributed by atoms with Crippen molar-refractivity contribution in [1.82, 2.24) is 0 Å². The van der Waals surface area contributed by atoms with Crippen molar-refractivity contribution in [2.45, 2.75) is 147 Å². The molecule has 6 heteroatoms. The fourth-order valence-electron chi connectivity index (χ4n) is 12.0. The van der Waals surface area contributed by atoms with E-state index in [1.807, 2.05) is 0 Å². The van der Waals surface area contributed by atoms with Gasteiger partial charge in [0.05, 0.1) is 0 Å². The summed E-state index contributed by atoms with van der Waals surface area (Å²) in [7, 11) is -6.15. The second-order valence-electron chi connectivity index (χ2n) is 25.4. The van der Waals surface area contributed by atoms with E-state index in [0.29, 0.717) is 7.35 Å². The van der Waals surface area contributed by atoms with Crippen LogP contribution >= 0.6 is 0 Å². The van der Waals surface area contributed by atoms with Crippen LogP contribution in [0.25, 0.3) is 34.4 Å². The van der Waals surface area contributed by atoms with Crippen LogP contribution in [0.3, 0.4) is 0 Å². The molecule has 0 aromatic heterocycles. The molecule has 6 rings (SSSR count). The van der Waals surface area contributed by atoms with Gasteiger partial charge in [-0.3, -0.25) is 0 Å². The van der Waals surface area contributed by atoms with Gasteiger partial charge in [-0.1, -0.05) is 0 Å². The molecule has 0 N–H and O–H groups in total. The van der Waals surface area contributed by atoms with E-state index in [4.69, 9.17) is 0 Å². The van der Waals surface area contributed by atoms with Gasteiger partial charge in [0, 0.05) is 0 Å². The predicted octanol–water partition coefficient (Wildman–Crippen LogP) is 14.4. The Hall–Kier alpha value is -1.69. The molecule has 4 aromatic carbocycles. The zero-order chi connectivity index (χ0) is 43.4. The fourth-order valence-corrected chi connectivity index (χ4v) is 101. The van der Waals surface area contributed by atoms with E-state index in [1.54, 1.807) is 31.9 Å². The standard InChI is InChI=1S/2C21H27Si2.C8H18Si.2CH3.Hf/c2*1-22(2,3)18-13-17(14-19(15-18)23(4,5)6)21-12-8-10-16-9-7-11-20(16)21;1-7(2,3)9-8(4,5)6;;;/h2*7-15H,1-6H3;1-6H3;2*1H3;. The Balaban J connectivity index is 1.64. The third-order valence-electron chi connectivity index (χ3n) is 14.0. The molecule has 4 aromatic rings. The first kappa shape index (κ1) is 45.8. The Morgan fingerprint density at radius 3 is 1.00 bits per heavy atom. The van der Waals surface area contributed by atoms with E-state index in [9.17, 15) is 0 Å². The first-order chi connectivity index (χ1) is 26.2. The Kier molecular flexibility index (Phi) is 11.6. The van der Waals surface area contributed by atoms with Crippen molar-refractivity contribution >= 4 is 70.7 Å². The van der Waals surface area contributed by atoms with E-state index in [0.717, 1.165) is 0 Å². The van der Waals surface area contributed by atoms with Gasteiger partial charge in [0.1, 0.15) is 0 Å². The number of hydrogen-bond acceptors (Lipinski definition) is 0. The molecule has 0 radical (unpaired) electrons. The second kappa shape index (κ2) is 14.7. The minimum absolute atomic E-state index is 0.236. The fraction of sp³-hybridized carbons (Fsp3) is 0.462. The monoisotopic (exact) mass is 1020 g/mol. The van der Waals surface area contributed by atoms with Crippen LogP contribution in [-0.4, -0.2) is 37.8 Å². The first-order valence-electron chi connectivity index (χ1n) is 22.3. The van der Waals surface area contributed by atoms with Crippen LogP contribution < -0.4 is 20.7 Å². The Bertz CT molecular complexity index is 2180. The summed E-state index contributed by atoms with van der Waals surface area (Å²) in [6.45, 7) is 45.9. The van der Waals surface area contributed by atoms with Crippen molar-refractivity contribution in [2.75, 3.05) is 0 Å². The Labute approximate surface area is 361 Å². The van der Waals surface area contributed by atoms with Gasteiger partial charge in [0.25, 0.3) is 0 Å². The molecule has 0 nitrogen and oxygen atoms in total. The topological polar surface area (TPSA) is 0 Å². The zero-order valence-electron chi connectivity index (χ0n) is 40.4. The van der Waals surface area contributed by atoms with Crippen LogP contribution in [0, 0.1) is 0 Å². The molecule has 310 valence electrons. The summed E-state index contributed by atoms with van der Waals surface area (Å²) in [5.41, 5.74) is 11.0. The third-order valence-corrected chi connectivity index (χ3v) is 82.3. The summed E-state index contributed by atoms with van der Waals surface area (Å²) >= 11 is -4.30. The van der Waals surface area contributed by atoms with Crippen LogP contribution in [0.4, 0.5) is 0 Å². The molecular formula is C52H78HfSi5. The number of rotatable bonds is 8. The number of benzene rings is 4. The maximum atomic E-state index is 2.96. The summed E-state index contributed by atoms with van der Waals surface area (Å²) in [5, 5.41) is 6.85. The van der Waals surface area contributed by atoms with Gasteiger partial charge < -0.3 is 0 Å². The van der Waals surface area contributed by atoms with Crippen molar-refractivity contribution in [3.63, 3.8) is 0 Å². The van der Waals surface area contributed by atoms with Crippen LogP contribution in [-0.2, 0) is 17.1 Å². The average molecular weight is 1020 g/mol. The summed E-state index contributed by atoms with van der Waals surface area (Å²) in [5.74, 6) is 0. The predicted molar refractivity (Wildman–Crippen MR) is 276 cm³/mol. The maximum absolute atomic E-state index is 4.30.